The van der Waals surface area contributed by atoms with Crippen LogP contribution < -0.4 is 9.64 Å². The third-order valence-electron chi connectivity index (χ3n) is 8.77. The van der Waals surface area contributed by atoms with Crippen LogP contribution in [0.4, 0.5) is 5.69 Å². The molecule has 3 aromatic carbocycles. The number of hydrogen-bond donors (Lipinski definition) is 0. The zero-order chi connectivity index (χ0) is 30.6. The third kappa shape index (κ3) is 5.60. The predicted octanol–water partition coefficient (Wildman–Crippen LogP) is 5.74. The Bertz CT molecular complexity index is 1600. The standard InChI is InChI=1S/C36H35NO7/c1-3-42-36(40)33-28(20-23-10-6-4-7-11-23)31-29(34(38)37(33)25-14-16-26(41-2)17-15-25)21-30-27(18-19-43-30)32(31)35(39)44-22-24-12-8-5-9-13-24/h4-19,28-29,31-33H,3,20-22H2,1-2H3/t28-,29+,31-,32-,33-/m1/s1. The lowest BCUT2D eigenvalue weighted by Crippen LogP contribution is -2.63. The van der Waals surface area contributed by atoms with E-state index in [2.05, 4.69) is 0 Å². The molecule has 2 heterocycles. The molecule has 1 fully saturated rings. The van der Waals surface area contributed by atoms with Crippen molar-refractivity contribution < 1.29 is 33.0 Å². The molecule has 0 radical (unpaired) electrons. The molecule has 0 unspecified atom stereocenters. The fraction of sp³-hybridized carbons (Fsp3) is 0.306. The third-order valence-corrected chi connectivity index (χ3v) is 8.77. The summed E-state index contributed by atoms with van der Waals surface area (Å²) < 4.78 is 22.8. The van der Waals surface area contributed by atoms with Crippen molar-refractivity contribution in [2.24, 2.45) is 17.8 Å². The molecule has 2 aliphatic rings. The summed E-state index contributed by atoms with van der Waals surface area (Å²) in [7, 11) is 1.57. The van der Waals surface area contributed by atoms with Crippen molar-refractivity contribution in [3.05, 3.63) is 120 Å². The highest BCUT2D eigenvalue weighted by Gasteiger charge is 2.58. The highest BCUT2D eigenvalue weighted by molar-refractivity contribution is 6.03. The van der Waals surface area contributed by atoms with Gasteiger partial charge in [0.1, 0.15) is 24.2 Å². The zero-order valence-electron chi connectivity index (χ0n) is 24.8. The number of ether oxygens (including phenoxy) is 3. The molecule has 5 atom stereocenters. The molecule has 8 nitrogen and oxygen atoms in total. The largest absolute Gasteiger partial charge is 0.497 e. The molecule has 1 saturated heterocycles. The van der Waals surface area contributed by atoms with Crippen LogP contribution >= 0.6 is 0 Å². The van der Waals surface area contributed by atoms with E-state index in [-0.39, 0.29) is 19.1 Å². The van der Waals surface area contributed by atoms with Gasteiger partial charge in [-0.05, 0) is 66.6 Å². The minimum Gasteiger partial charge on any atom is -0.497 e. The van der Waals surface area contributed by atoms with Crippen LogP contribution in [0.25, 0.3) is 0 Å². The summed E-state index contributed by atoms with van der Waals surface area (Å²) in [5.41, 5.74) is 3.11. The lowest BCUT2D eigenvalue weighted by Gasteiger charge is -2.51. The molecule has 0 bridgehead atoms. The molecule has 4 aromatic rings. The minimum atomic E-state index is -0.977. The van der Waals surface area contributed by atoms with Gasteiger partial charge in [0.05, 0.1) is 25.9 Å². The van der Waals surface area contributed by atoms with E-state index in [4.69, 9.17) is 18.6 Å². The van der Waals surface area contributed by atoms with Crippen LogP contribution in [-0.2, 0) is 43.3 Å². The molecule has 0 spiro atoms. The molecule has 226 valence electrons. The lowest BCUT2D eigenvalue weighted by atomic mass is 9.59. The van der Waals surface area contributed by atoms with Crippen molar-refractivity contribution >= 4 is 23.5 Å². The van der Waals surface area contributed by atoms with Crippen molar-refractivity contribution in [3.63, 3.8) is 0 Å². The number of rotatable bonds is 9. The van der Waals surface area contributed by atoms with Gasteiger partial charge < -0.3 is 18.6 Å². The van der Waals surface area contributed by atoms with E-state index in [1.807, 2.05) is 60.7 Å². The molecular weight excluding hydrogens is 558 g/mol. The van der Waals surface area contributed by atoms with Gasteiger partial charge in [0.15, 0.2) is 0 Å². The Balaban J connectivity index is 1.47. The molecular formula is C36H35NO7. The van der Waals surface area contributed by atoms with Gasteiger partial charge in [-0.25, -0.2) is 4.79 Å². The highest BCUT2D eigenvalue weighted by Crippen LogP contribution is 2.51. The molecule has 1 aliphatic carbocycles. The predicted molar refractivity (Wildman–Crippen MR) is 163 cm³/mol. The first-order valence-corrected chi connectivity index (χ1v) is 14.9. The second-order valence-corrected chi connectivity index (χ2v) is 11.2. The fourth-order valence-corrected chi connectivity index (χ4v) is 6.86. The van der Waals surface area contributed by atoms with Gasteiger partial charge in [0.25, 0.3) is 0 Å². The van der Waals surface area contributed by atoms with Crippen molar-refractivity contribution in [1.29, 1.82) is 0 Å². The number of furan rings is 1. The molecule has 1 amide bonds. The van der Waals surface area contributed by atoms with E-state index in [0.717, 1.165) is 11.1 Å². The number of methoxy groups -OCH3 is 1. The summed E-state index contributed by atoms with van der Waals surface area (Å²) in [6, 6.07) is 27.2. The van der Waals surface area contributed by atoms with Crippen LogP contribution in [0.1, 0.15) is 35.3 Å². The first-order valence-electron chi connectivity index (χ1n) is 14.9. The average Bonchev–Trinajstić information content (AvgIpc) is 3.53. The fourth-order valence-electron chi connectivity index (χ4n) is 6.86. The van der Waals surface area contributed by atoms with Gasteiger partial charge in [-0.1, -0.05) is 60.7 Å². The van der Waals surface area contributed by atoms with E-state index < -0.39 is 41.7 Å². The van der Waals surface area contributed by atoms with Gasteiger partial charge in [-0.3, -0.25) is 14.5 Å². The number of anilines is 1. The number of fused-ring (bicyclic) bond motifs is 2. The Morgan fingerprint density at radius 3 is 2.20 bits per heavy atom. The summed E-state index contributed by atoms with van der Waals surface area (Å²) in [6.45, 7) is 2.00. The number of benzene rings is 3. The Morgan fingerprint density at radius 1 is 0.864 bits per heavy atom. The number of carbonyl (C=O) groups excluding carboxylic acids is 3. The van der Waals surface area contributed by atoms with E-state index in [1.165, 1.54) is 0 Å². The smallest absolute Gasteiger partial charge is 0.329 e. The van der Waals surface area contributed by atoms with Crippen LogP contribution in [0.3, 0.4) is 0 Å². The number of nitrogens with zero attached hydrogens (tertiary/aromatic N) is 1. The number of piperidine rings is 1. The van der Waals surface area contributed by atoms with Gasteiger partial charge >= 0.3 is 11.9 Å². The van der Waals surface area contributed by atoms with Crippen molar-refractivity contribution in [3.8, 4) is 5.75 Å². The van der Waals surface area contributed by atoms with E-state index in [1.54, 1.807) is 55.5 Å². The van der Waals surface area contributed by atoms with E-state index >= 15 is 0 Å². The molecule has 6 rings (SSSR count). The van der Waals surface area contributed by atoms with Crippen molar-refractivity contribution in [2.75, 3.05) is 18.6 Å². The molecule has 8 heteroatoms. The Hall–Kier alpha value is -4.85. The van der Waals surface area contributed by atoms with Gasteiger partial charge in [-0.2, -0.15) is 0 Å². The second-order valence-electron chi connectivity index (χ2n) is 11.2. The van der Waals surface area contributed by atoms with Gasteiger partial charge in [-0.15, -0.1) is 0 Å². The van der Waals surface area contributed by atoms with Gasteiger partial charge in [0, 0.05) is 23.6 Å². The van der Waals surface area contributed by atoms with Gasteiger partial charge in [0.2, 0.25) is 5.91 Å². The Morgan fingerprint density at radius 2 is 1.55 bits per heavy atom. The first kappa shape index (κ1) is 29.2. The quantitative estimate of drug-likeness (QED) is 0.228. The second kappa shape index (κ2) is 12.8. The number of esters is 2. The number of hydrogen-bond acceptors (Lipinski definition) is 7. The first-order chi connectivity index (χ1) is 21.5. The maximum absolute atomic E-state index is 14.6. The minimum absolute atomic E-state index is 0.0946. The molecule has 1 aliphatic heterocycles. The zero-order valence-corrected chi connectivity index (χ0v) is 24.8. The summed E-state index contributed by atoms with van der Waals surface area (Å²) in [6.07, 6.45) is 2.31. The monoisotopic (exact) mass is 593 g/mol. The summed E-state index contributed by atoms with van der Waals surface area (Å²) in [5, 5.41) is 0. The highest BCUT2D eigenvalue weighted by atomic mass is 16.5. The van der Waals surface area contributed by atoms with Crippen LogP contribution in [0.5, 0.6) is 5.75 Å². The molecule has 1 aromatic heterocycles. The summed E-state index contributed by atoms with van der Waals surface area (Å²) in [5.74, 6) is -2.46. The molecule has 0 saturated carbocycles. The average molecular weight is 594 g/mol. The SMILES string of the molecule is CCOC(=O)[C@H]1[C@H](Cc2ccccc2)[C@@H]2[C@H](Cc3occc3[C@H]2C(=O)OCc2ccccc2)C(=O)N1c1ccc(OC)cc1. The topological polar surface area (TPSA) is 95.3 Å². The van der Waals surface area contributed by atoms with Crippen LogP contribution in [0.2, 0.25) is 0 Å². The Labute approximate surface area is 256 Å². The molecule has 44 heavy (non-hydrogen) atoms. The summed E-state index contributed by atoms with van der Waals surface area (Å²) in [4.78, 5) is 44.2. The number of carbonyl (C=O) groups is 3. The molecule has 0 N–H and O–H groups in total. The van der Waals surface area contributed by atoms with E-state index in [0.29, 0.717) is 35.6 Å². The number of amides is 1. The van der Waals surface area contributed by atoms with Crippen LogP contribution in [0, 0.1) is 17.8 Å². The maximum atomic E-state index is 14.6. The van der Waals surface area contributed by atoms with E-state index in [9.17, 15) is 14.4 Å². The van der Waals surface area contributed by atoms with Crippen molar-refractivity contribution in [2.45, 2.75) is 38.3 Å². The normalized spacial score (nSPS) is 22.5. The maximum Gasteiger partial charge on any atom is 0.329 e. The Kier molecular flexibility index (Phi) is 8.50. The van der Waals surface area contributed by atoms with Crippen LogP contribution in [-0.4, -0.2) is 37.6 Å². The summed E-state index contributed by atoms with van der Waals surface area (Å²) >= 11 is 0. The van der Waals surface area contributed by atoms with Crippen molar-refractivity contribution in [1.82, 2.24) is 0 Å². The van der Waals surface area contributed by atoms with Crippen LogP contribution in [0.15, 0.2) is 102 Å². The lowest BCUT2D eigenvalue weighted by molar-refractivity contribution is -0.158.